The molecule has 2 atom stereocenters. The Morgan fingerprint density at radius 2 is 1.68 bits per heavy atom. The molecule has 0 aromatic carbocycles. The third-order valence-electron chi connectivity index (χ3n) is 4.97. The third-order valence-corrected chi connectivity index (χ3v) is 4.97. The van der Waals surface area contributed by atoms with Crippen molar-refractivity contribution in [3.63, 3.8) is 0 Å². The highest BCUT2D eigenvalue weighted by Crippen LogP contribution is 2.18. The summed E-state index contributed by atoms with van der Waals surface area (Å²) in [6, 6.07) is 1.39. The van der Waals surface area contributed by atoms with Gasteiger partial charge in [-0.3, -0.25) is 4.90 Å². The van der Waals surface area contributed by atoms with Gasteiger partial charge in [0.1, 0.15) is 0 Å². The van der Waals surface area contributed by atoms with Crippen LogP contribution < -0.4 is 5.32 Å². The van der Waals surface area contributed by atoms with E-state index in [9.17, 15) is 0 Å². The van der Waals surface area contributed by atoms with Gasteiger partial charge < -0.3 is 10.2 Å². The van der Waals surface area contributed by atoms with E-state index >= 15 is 0 Å². The van der Waals surface area contributed by atoms with Gasteiger partial charge in [-0.15, -0.1) is 0 Å². The van der Waals surface area contributed by atoms with Crippen LogP contribution in [0.4, 0.5) is 0 Å². The van der Waals surface area contributed by atoms with Gasteiger partial charge in [-0.2, -0.15) is 0 Å². The Morgan fingerprint density at radius 1 is 1.00 bits per heavy atom. The van der Waals surface area contributed by atoms with Crippen molar-refractivity contribution in [3.8, 4) is 0 Å². The highest BCUT2D eigenvalue weighted by molar-refractivity contribution is 4.89. The number of nitrogens with one attached hydrogen (secondary N) is 1. The maximum atomic E-state index is 3.75. The van der Waals surface area contributed by atoms with Crippen molar-refractivity contribution in [2.24, 2.45) is 11.8 Å². The topological polar surface area (TPSA) is 18.5 Å². The van der Waals surface area contributed by atoms with Crippen LogP contribution in [0.2, 0.25) is 0 Å². The molecule has 2 heterocycles. The minimum Gasteiger partial charge on any atom is -0.311 e. The van der Waals surface area contributed by atoms with Gasteiger partial charge in [-0.25, -0.2) is 0 Å². The van der Waals surface area contributed by atoms with Crippen LogP contribution in [0.15, 0.2) is 0 Å². The number of piperazine rings is 1. The molecule has 0 aliphatic carbocycles. The molecular weight excluding hydrogens is 234 g/mol. The fourth-order valence-corrected chi connectivity index (χ4v) is 3.49. The summed E-state index contributed by atoms with van der Waals surface area (Å²) in [6.45, 7) is 17.0. The Labute approximate surface area is 119 Å². The Morgan fingerprint density at radius 3 is 2.26 bits per heavy atom. The molecular formula is C16H33N3. The summed E-state index contributed by atoms with van der Waals surface area (Å²) >= 11 is 0. The highest BCUT2D eigenvalue weighted by Gasteiger charge is 2.31. The van der Waals surface area contributed by atoms with Crippen LogP contribution in [-0.2, 0) is 0 Å². The average Bonchev–Trinajstić information content (AvgIpc) is 2.88. The average molecular weight is 267 g/mol. The summed E-state index contributed by atoms with van der Waals surface area (Å²) in [5.74, 6) is 1.49. The summed E-state index contributed by atoms with van der Waals surface area (Å²) in [5.41, 5.74) is 0. The van der Waals surface area contributed by atoms with Gasteiger partial charge in [0.25, 0.3) is 0 Å². The minimum absolute atomic E-state index is 0.675. The SMILES string of the molecule is CC(C)C1CN(CCN2CCCC2)C(C(C)C)CN1. The summed E-state index contributed by atoms with van der Waals surface area (Å²) in [7, 11) is 0. The predicted octanol–water partition coefficient (Wildman–Crippen LogP) is 2.04. The number of rotatable bonds is 5. The van der Waals surface area contributed by atoms with Crippen molar-refractivity contribution in [2.45, 2.75) is 52.6 Å². The molecule has 2 fully saturated rings. The maximum absolute atomic E-state index is 3.75. The van der Waals surface area contributed by atoms with Crippen LogP contribution in [0.3, 0.4) is 0 Å². The molecule has 0 amide bonds. The summed E-state index contributed by atoms with van der Waals surface area (Å²) in [4.78, 5) is 5.40. The Balaban J connectivity index is 1.87. The first kappa shape index (κ1) is 15.3. The zero-order chi connectivity index (χ0) is 13.8. The molecule has 0 aromatic rings. The zero-order valence-electron chi connectivity index (χ0n) is 13.4. The standard InChI is InChI=1S/C16H33N3/c1-13(2)15-12-19(16(11-17-15)14(3)4)10-9-18-7-5-6-8-18/h13-17H,5-12H2,1-4H3. The van der Waals surface area contributed by atoms with Gasteiger partial charge >= 0.3 is 0 Å². The lowest BCUT2D eigenvalue weighted by atomic mass is 9.94. The fraction of sp³-hybridized carbons (Fsp3) is 1.00. The van der Waals surface area contributed by atoms with E-state index in [1.807, 2.05) is 0 Å². The van der Waals surface area contributed by atoms with E-state index in [0.29, 0.717) is 6.04 Å². The first-order valence-electron chi connectivity index (χ1n) is 8.27. The van der Waals surface area contributed by atoms with Gasteiger partial charge in [0, 0.05) is 38.3 Å². The van der Waals surface area contributed by atoms with E-state index in [2.05, 4.69) is 42.8 Å². The molecule has 3 nitrogen and oxygen atoms in total. The molecule has 0 bridgehead atoms. The predicted molar refractivity (Wildman–Crippen MR) is 82.5 cm³/mol. The number of nitrogens with zero attached hydrogens (tertiary/aromatic N) is 2. The molecule has 112 valence electrons. The molecule has 2 aliphatic heterocycles. The molecule has 0 radical (unpaired) electrons. The van der Waals surface area contributed by atoms with Crippen molar-refractivity contribution < 1.29 is 0 Å². The monoisotopic (exact) mass is 267 g/mol. The molecule has 2 saturated heterocycles. The van der Waals surface area contributed by atoms with Crippen LogP contribution in [0.5, 0.6) is 0 Å². The van der Waals surface area contributed by atoms with Crippen molar-refractivity contribution in [1.82, 2.24) is 15.1 Å². The van der Waals surface area contributed by atoms with Crippen LogP contribution >= 0.6 is 0 Å². The molecule has 0 aromatic heterocycles. The smallest absolute Gasteiger partial charge is 0.0244 e. The van der Waals surface area contributed by atoms with Crippen molar-refractivity contribution in [2.75, 3.05) is 39.3 Å². The van der Waals surface area contributed by atoms with Crippen molar-refractivity contribution in [3.05, 3.63) is 0 Å². The quantitative estimate of drug-likeness (QED) is 0.822. The molecule has 3 heteroatoms. The Hall–Kier alpha value is -0.120. The van der Waals surface area contributed by atoms with Crippen LogP contribution in [0, 0.1) is 11.8 Å². The van der Waals surface area contributed by atoms with E-state index in [1.54, 1.807) is 0 Å². The lowest BCUT2D eigenvalue weighted by Crippen LogP contribution is -2.60. The summed E-state index contributed by atoms with van der Waals surface area (Å²) < 4.78 is 0. The lowest BCUT2D eigenvalue weighted by Gasteiger charge is -2.44. The number of hydrogen-bond donors (Lipinski definition) is 1. The molecule has 2 aliphatic rings. The minimum atomic E-state index is 0.675. The zero-order valence-corrected chi connectivity index (χ0v) is 13.4. The van der Waals surface area contributed by atoms with Gasteiger partial charge in [-0.1, -0.05) is 27.7 Å². The normalized spacial score (nSPS) is 30.6. The second-order valence-electron chi connectivity index (χ2n) is 7.11. The second-order valence-corrected chi connectivity index (χ2v) is 7.11. The first-order chi connectivity index (χ1) is 9.08. The summed E-state index contributed by atoms with van der Waals surface area (Å²) in [6.07, 6.45) is 2.81. The Kier molecular flexibility index (Phi) is 5.67. The van der Waals surface area contributed by atoms with Gasteiger partial charge in [-0.05, 0) is 37.8 Å². The molecule has 0 saturated carbocycles. The highest BCUT2D eigenvalue weighted by atomic mass is 15.3. The summed E-state index contributed by atoms with van der Waals surface area (Å²) in [5, 5.41) is 3.75. The first-order valence-corrected chi connectivity index (χ1v) is 8.27. The van der Waals surface area contributed by atoms with Gasteiger partial charge in [0.15, 0.2) is 0 Å². The Bertz CT molecular complexity index is 259. The largest absolute Gasteiger partial charge is 0.311 e. The fourth-order valence-electron chi connectivity index (χ4n) is 3.49. The molecule has 2 unspecified atom stereocenters. The lowest BCUT2D eigenvalue weighted by molar-refractivity contribution is 0.0764. The molecule has 19 heavy (non-hydrogen) atoms. The second kappa shape index (κ2) is 7.05. The van der Waals surface area contributed by atoms with Crippen LogP contribution in [0.1, 0.15) is 40.5 Å². The number of hydrogen-bond acceptors (Lipinski definition) is 3. The molecule has 0 spiro atoms. The van der Waals surface area contributed by atoms with Crippen molar-refractivity contribution in [1.29, 1.82) is 0 Å². The van der Waals surface area contributed by atoms with Crippen molar-refractivity contribution >= 4 is 0 Å². The van der Waals surface area contributed by atoms with E-state index in [0.717, 1.165) is 17.9 Å². The maximum Gasteiger partial charge on any atom is 0.0244 e. The molecule has 2 rings (SSSR count). The van der Waals surface area contributed by atoms with E-state index in [4.69, 9.17) is 0 Å². The van der Waals surface area contributed by atoms with Crippen LogP contribution in [-0.4, -0.2) is 61.2 Å². The van der Waals surface area contributed by atoms with Gasteiger partial charge in [0.05, 0.1) is 0 Å². The van der Waals surface area contributed by atoms with Gasteiger partial charge in [0.2, 0.25) is 0 Å². The molecule has 1 N–H and O–H groups in total. The van der Waals surface area contributed by atoms with E-state index in [1.165, 1.54) is 52.1 Å². The van der Waals surface area contributed by atoms with Crippen LogP contribution in [0.25, 0.3) is 0 Å². The van der Waals surface area contributed by atoms with E-state index < -0.39 is 0 Å². The number of likely N-dealkylation sites (tertiary alicyclic amines) is 1. The van der Waals surface area contributed by atoms with E-state index in [-0.39, 0.29) is 0 Å². The third kappa shape index (κ3) is 4.17.